The van der Waals surface area contributed by atoms with E-state index in [4.69, 9.17) is 15.6 Å². The lowest BCUT2D eigenvalue weighted by molar-refractivity contribution is -0.147. The van der Waals surface area contributed by atoms with Crippen molar-refractivity contribution in [1.82, 2.24) is 0 Å². The summed E-state index contributed by atoms with van der Waals surface area (Å²) in [5.41, 5.74) is 5.13. The molecule has 2 rings (SSSR count). The van der Waals surface area contributed by atoms with Crippen molar-refractivity contribution in [2.45, 2.75) is 25.0 Å². The molecule has 5 heteroatoms. The van der Waals surface area contributed by atoms with Gasteiger partial charge in [0.05, 0.1) is 24.0 Å². The standard InChI is InChI=1S/C8H11NO4/c9-7(10)5-3-1-2-4(13-3)6(5)8(11)12/h3-6H,1-2H2,(H2,9,10)(H,11,12)/t3-,4+,5-,6+/m1/s1. The highest BCUT2D eigenvalue weighted by Crippen LogP contribution is 2.43. The Kier molecular flexibility index (Phi) is 1.76. The van der Waals surface area contributed by atoms with Crippen LogP contribution in [0.4, 0.5) is 0 Å². The second-order valence-electron chi connectivity index (χ2n) is 3.58. The molecule has 3 N–H and O–H groups in total. The highest BCUT2D eigenvalue weighted by Gasteiger charge is 2.54. The quantitative estimate of drug-likeness (QED) is 0.598. The highest BCUT2D eigenvalue weighted by atomic mass is 16.5. The van der Waals surface area contributed by atoms with Gasteiger partial charge in [0.2, 0.25) is 5.91 Å². The van der Waals surface area contributed by atoms with Crippen LogP contribution in [0.5, 0.6) is 0 Å². The van der Waals surface area contributed by atoms with Crippen molar-refractivity contribution in [3.63, 3.8) is 0 Å². The van der Waals surface area contributed by atoms with Crippen LogP contribution in [0.3, 0.4) is 0 Å². The van der Waals surface area contributed by atoms with E-state index >= 15 is 0 Å². The van der Waals surface area contributed by atoms with Gasteiger partial charge in [-0.05, 0) is 12.8 Å². The zero-order chi connectivity index (χ0) is 9.59. The molecule has 0 saturated carbocycles. The summed E-state index contributed by atoms with van der Waals surface area (Å²) in [4.78, 5) is 21.8. The van der Waals surface area contributed by atoms with Crippen LogP contribution in [0, 0.1) is 11.8 Å². The second-order valence-corrected chi connectivity index (χ2v) is 3.58. The molecule has 72 valence electrons. The van der Waals surface area contributed by atoms with Crippen LogP contribution in [0.15, 0.2) is 0 Å². The molecule has 4 atom stereocenters. The van der Waals surface area contributed by atoms with Crippen LogP contribution in [0.2, 0.25) is 0 Å². The summed E-state index contributed by atoms with van der Waals surface area (Å²) in [7, 11) is 0. The molecule has 0 spiro atoms. The first-order valence-electron chi connectivity index (χ1n) is 4.29. The molecule has 2 bridgehead atoms. The Morgan fingerprint density at radius 1 is 1.23 bits per heavy atom. The van der Waals surface area contributed by atoms with E-state index < -0.39 is 23.7 Å². The smallest absolute Gasteiger partial charge is 0.310 e. The summed E-state index contributed by atoms with van der Waals surface area (Å²) >= 11 is 0. The summed E-state index contributed by atoms with van der Waals surface area (Å²) < 4.78 is 5.34. The molecular weight excluding hydrogens is 174 g/mol. The fourth-order valence-corrected chi connectivity index (χ4v) is 2.35. The highest BCUT2D eigenvalue weighted by molar-refractivity contribution is 5.85. The maximum Gasteiger partial charge on any atom is 0.310 e. The first-order chi connectivity index (χ1) is 6.11. The van der Waals surface area contributed by atoms with Crippen LogP contribution in [-0.4, -0.2) is 29.2 Å². The molecule has 0 unspecified atom stereocenters. The number of amides is 1. The Morgan fingerprint density at radius 2 is 1.77 bits per heavy atom. The van der Waals surface area contributed by atoms with Crippen LogP contribution < -0.4 is 5.73 Å². The van der Waals surface area contributed by atoms with Crippen molar-refractivity contribution >= 4 is 11.9 Å². The Hall–Kier alpha value is -1.10. The van der Waals surface area contributed by atoms with Gasteiger partial charge in [0, 0.05) is 0 Å². The first kappa shape index (κ1) is 8.50. The van der Waals surface area contributed by atoms with E-state index in [1.54, 1.807) is 0 Å². The number of carboxylic acids is 1. The maximum atomic E-state index is 11.0. The SMILES string of the molecule is NC(=O)[C@H]1[C@@H](C(=O)O)[C@@H]2CC[C@H]1O2. The summed E-state index contributed by atoms with van der Waals surface area (Å²) in [5.74, 6) is -2.89. The number of hydrogen-bond donors (Lipinski definition) is 2. The van der Waals surface area contributed by atoms with Crippen LogP contribution >= 0.6 is 0 Å². The van der Waals surface area contributed by atoms with Gasteiger partial charge in [0.1, 0.15) is 0 Å². The lowest BCUT2D eigenvalue weighted by Crippen LogP contribution is -2.41. The minimum atomic E-state index is -0.976. The zero-order valence-electron chi connectivity index (χ0n) is 6.97. The lowest BCUT2D eigenvalue weighted by atomic mass is 9.79. The molecule has 0 aliphatic carbocycles. The molecule has 1 amide bonds. The minimum absolute atomic E-state index is 0.261. The summed E-state index contributed by atoms with van der Waals surface area (Å²) in [6.07, 6.45) is 0.914. The normalized spacial score (nSPS) is 42.2. The van der Waals surface area contributed by atoms with Crippen molar-refractivity contribution in [2.24, 2.45) is 17.6 Å². The number of primary amides is 1. The number of carbonyl (C=O) groups is 2. The van der Waals surface area contributed by atoms with Crippen LogP contribution in [-0.2, 0) is 14.3 Å². The molecule has 2 saturated heterocycles. The molecule has 2 heterocycles. The number of carbonyl (C=O) groups excluding carboxylic acids is 1. The molecule has 0 radical (unpaired) electrons. The van der Waals surface area contributed by atoms with Gasteiger partial charge in [-0.1, -0.05) is 0 Å². The fourth-order valence-electron chi connectivity index (χ4n) is 2.35. The summed E-state index contributed by atoms with van der Waals surface area (Å²) in [6.45, 7) is 0. The number of nitrogens with two attached hydrogens (primary N) is 1. The Bertz CT molecular complexity index is 239. The van der Waals surface area contributed by atoms with Crippen LogP contribution in [0.25, 0.3) is 0 Å². The van der Waals surface area contributed by atoms with E-state index in [1.807, 2.05) is 0 Å². The van der Waals surface area contributed by atoms with Crippen molar-refractivity contribution in [3.05, 3.63) is 0 Å². The number of carboxylic acid groups (broad SMARTS) is 1. The van der Waals surface area contributed by atoms with Gasteiger partial charge in [-0.2, -0.15) is 0 Å². The maximum absolute atomic E-state index is 11.0. The van der Waals surface area contributed by atoms with Gasteiger partial charge in [-0.15, -0.1) is 0 Å². The summed E-state index contributed by atoms with van der Waals surface area (Å²) in [5, 5.41) is 8.87. The van der Waals surface area contributed by atoms with Gasteiger partial charge in [-0.25, -0.2) is 0 Å². The molecular formula is C8H11NO4. The van der Waals surface area contributed by atoms with Gasteiger partial charge in [-0.3, -0.25) is 9.59 Å². The number of fused-ring (bicyclic) bond motifs is 2. The largest absolute Gasteiger partial charge is 0.481 e. The van der Waals surface area contributed by atoms with E-state index in [-0.39, 0.29) is 12.2 Å². The number of hydrogen-bond acceptors (Lipinski definition) is 3. The topological polar surface area (TPSA) is 89.6 Å². The van der Waals surface area contributed by atoms with Gasteiger partial charge < -0.3 is 15.6 Å². The van der Waals surface area contributed by atoms with E-state index in [2.05, 4.69) is 0 Å². The average Bonchev–Trinajstić information content (AvgIpc) is 2.60. The average molecular weight is 185 g/mol. The predicted octanol–water partition coefficient (Wildman–Crippen LogP) is -0.650. The van der Waals surface area contributed by atoms with Gasteiger partial charge in [0.25, 0.3) is 0 Å². The van der Waals surface area contributed by atoms with E-state index in [0.717, 1.165) is 12.8 Å². The molecule has 5 nitrogen and oxygen atoms in total. The third kappa shape index (κ3) is 1.11. The number of aliphatic carboxylic acids is 1. The van der Waals surface area contributed by atoms with Crippen molar-refractivity contribution < 1.29 is 19.4 Å². The molecule has 0 aromatic carbocycles. The van der Waals surface area contributed by atoms with Gasteiger partial charge in [0.15, 0.2) is 0 Å². The molecule has 0 aromatic heterocycles. The van der Waals surface area contributed by atoms with E-state index in [1.165, 1.54) is 0 Å². The lowest BCUT2D eigenvalue weighted by Gasteiger charge is -2.21. The molecule has 2 aliphatic rings. The monoisotopic (exact) mass is 185 g/mol. The molecule has 13 heavy (non-hydrogen) atoms. The van der Waals surface area contributed by atoms with Crippen LogP contribution in [0.1, 0.15) is 12.8 Å². The van der Waals surface area contributed by atoms with Crippen molar-refractivity contribution in [1.29, 1.82) is 0 Å². The van der Waals surface area contributed by atoms with E-state index in [0.29, 0.717) is 0 Å². The van der Waals surface area contributed by atoms with Crippen molar-refractivity contribution in [3.8, 4) is 0 Å². The fraction of sp³-hybridized carbons (Fsp3) is 0.750. The summed E-state index contributed by atoms with van der Waals surface area (Å²) in [6, 6.07) is 0. The predicted molar refractivity (Wildman–Crippen MR) is 41.7 cm³/mol. The molecule has 2 fully saturated rings. The third-order valence-electron chi connectivity index (χ3n) is 2.89. The molecule has 2 aliphatic heterocycles. The van der Waals surface area contributed by atoms with Crippen molar-refractivity contribution in [2.75, 3.05) is 0 Å². The molecule has 0 aromatic rings. The third-order valence-corrected chi connectivity index (χ3v) is 2.89. The minimum Gasteiger partial charge on any atom is -0.481 e. The van der Waals surface area contributed by atoms with Gasteiger partial charge >= 0.3 is 5.97 Å². The van der Waals surface area contributed by atoms with E-state index in [9.17, 15) is 9.59 Å². The number of ether oxygens (including phenoxy) is 1. The Labute approximate surface area is 74.9 Å². The Balaban J connectivity index is 2.24. The number of rotatable bonds is 2. The Morgan fingerprint density at radius 3 is 2.15 bits per heavy atom. The first-order valence-corrected chi connectivity index (χ1v) is 4.29. The second kappa shape index (κ2) is 2.70. The zero-order valence-corrected chi connectivity index (χ0v) is 6.97.